The Labute approximate surface area is 144 Å². The van der Waals surface area contributed by atoms with Gasteiger partial charge in [-0.25, -0.2) is 8.42 Å². The van der Waals surface area contributed by atoms with Crippen LogP contribution in [0.5, 0.6) is 0 Å². The topological polar surface area (TPSA) is 150 Å². The van der Waals surface area contributed by atoms with Gasteiger partial charge in [-0.15, -0.1) is 0 Å². The van der Waals surface area contributed by atoms with Crippen LogP contribution in [0, 0.1) is 0 Å². The average Bonchev–Trinajstić information content (AvgIpc) is 2.60. The summed E-state index contributed by atoms with van der Waals surface area (Å²) in [5.74, 6) is -3.16. The first-order chi connectivity index (χ1) is 11.3. The third-order valence-electron chi connectivity index (χ3n) is 4.71. The van der Waals surface area contributed by atoms with Gasteiger partial charge in [-0.2, -0.15) is 0 Å². The molecule has 0 bridgehead atoms. The number of nitrogens with one attached hydrogen (secondary N) is 2. The second-order valence-corrected chi connectivity index (χ2v) is 9.50. The van der Waals surface area contributed by atoms with Gasteiger partial charge in [-0.05, 0) is 27.7 Å². The third kappa shape index (κ3) is 2.86. The van der Waals surface area contributed by atoms with Crippen molar-refractivity contribution in [3.8, 4) is 0 Å². The number of β-lactam (4-membered cyclic amide) rings is 1. The molecule has 3 amide bonds. The van der Waals surface area contributed by atoms with Gasteiger partial charge in [0.2, 0.25) is 17.7 Å². The molecule has 10 nitrogen and oxygen atoms in total. The summed E-state index contributed by atoms with van der Waals surface area (Å²) in [6.45, 7) is 5.35. The van der Waals surface area contributed by atoms with Crippen LogP contribution in [0.1, 0.15) is 34.1 Å². The maximum atomic E-state index is 12.6. The summed E-state index contributed by atoms with van der Waals surface area (Å²) in [5.41, 5.74) is 0. The Kier molecular flexibility index (Phi) is 4.58. The minimum Gasteiger partial charge on any atom is -0.480 e. The van der Waals surface area contributed by atoms with Gasteiger partial charge in [0.1, 0.15) is 23.5 Å². The molecule has 2 aliphatic rings. The second kappa shape index (κ2) is 5.97. The number of sulfone groups is 1. The molecular formula is C14H21N3O7S. The number of carboxylic acid groups (broad SMARTS) is 1. The van der Waals surface area contributed by atoms with Crippen LogP contribution in [-0.4, -0.2) is 70.4 Å². The van der Waals surface area contributed by atoms with Crippen LogP contribution < -0.4 is 10.6 Å². The number of aliphatic carboxylic acids is 1. The van der Waals surface area contributed by atoms with Crippen molar-refractivity contribution in [2.24, 2.45) is 0 Å². The molecule has 2 rings (SSSR count). The van der Waals surface area contributed by atoms with Crippen LogP contribution in [0.15, 0.2) is 0 Å². The van der Waals surface area contributed by atoms with Crippen LogP contribution in [0.4, 0.5) is 0 Å². The molecule has 4 unspecified atom stereocenters. The van der Waals surface area contributed by atoms with E-state index in [-0.39, 0.29) is 6.42 Å². The Balaban J connectivity index is 2.13. The average molecular weight is 375 g/mol. The molecule has 0 aromatic carbocycles. The van der Waals surface area contributed by atoms with Gasteiger partial charge in [-0.3, -0.25) is 19.2 Å². The largest absolute Gasteiger partial charge is 0.480 e. The summed E-state index contributed by atoms with van der Waals surface area (Å²) in [7, 11) is -3.71. The summed E-state index contributed by atoms with van der Waals surface area (Å²) in [6.07, 6.45) is -0.151. The van der Waals surface area contributed by atoms with Crippen molar-refractivity contribution in [2.45, 2.75) is 62.4 Å². The number of hydrogen-bond donors (Lipinski definition) is 3. The van der Waals surface area contributed by atoms with Crippen molar-refractivity contribution in [2.75, 3.05) is 0 Å². The number of rotatable bonds is 5. The minimum atomic E-state index is -3.71. The van der Waals surface area contributed by atoms with Crippen LogP contribution in [0.25, 0.3) is 0 Å². The van der Waals surface area contributed by atoms with E-state index in [1.54, 1.807) is 0 Å². The summed E-state index contributed by atoms with van der Waals surface area (Å²) >= 11 is 0. The summed E-state index contributed by atoms with van der Waals surface area (Å²) < 4.78 is 23.4. The number of amides is 3. The Bertz CT molecular complexity index is 746. The Morgan fingerprint density at radius 3 is 2.24 bits per heavy atom. The van der Waals surface area contributed by atoms with E-state index in [9.17, 15) is 27.6 Å². The van der Waals surface area contributed by atoms with E-state index in [4.69, 9.17) is 5.11 Å². The summed E-state index contributed by atoms with van der Waals surface area (Å²) in [4.78, 5) is 48.1. The monoisotopic (exact) mass is 375 g/mol. The smallest absolute Gasteiger partial charge is 0.325 e. The van der Waals surface area contributed by atoms with Crippen LogP contribution in [0.2, 0.25) is 0 Å². The van der Waals surface area contributed by atoms with E-state index in [0.717, 1.165) is 4.90 Å². The lowest BCUT2D eigenvalue weighted by atomic mass is 9.97. The lowest BCUT2D eigenvalue weighted by molar-refractivity contribution is -0.150. The number of carbonyl (C=O) groups excluding carboxylic acids is 3. The quantitative estimate of drug-likeness (QED) is 0.480. The SMILES string of the molecule is CC(NC(=O)C(C)NC(=O)C1N2C(=O)CC2S(=O)(=O)C1(C)C)C(=O)O. The zero-order chi connectivity index (χ0) is 19.3. The Hall–Kier alpha value is -2.17. The van der Waals surface area contributed by atoms with E-state index in [0.29, 0.717) is 0 Å². The summed E-state index contributed by atoms with van der Waals surface area (Å²) in [6, 6.07) is -3.48. The molecule has 11 heteroatoms. The Morgan fingerprint density at radius 2 is 1.76 bits per heavy atom. The predicted octanol–water partition coefficient (Wildman–Crippen LogP) is -1.79. The third-order valence-corrected chi connectivity index (χ3v) is 7.51. The second-order valence-electron chi connectivity index (χ2n) is 6.81. The normalized spacial score (nSPS) is 28.3. The minimum absolute atomic E-state index is 0.151. The molecule has 0 aromatic heterocycles. The van der Waals surface area contributed by atoms with Gasteiger partial charge in [0.05, 0.1) is 11.2 Å². The Morgan fingerprint density at radius 1 is 1.20 bits per heavy atom. The fourth-order valence-electron chi connectivity index (χ4n) is 3.01. The fourth-order valence-corrected chi connectivity index (χ4v) is 5.15. The van der Waals surface area contributed by atoms with Gasteiger partial charge in [0, 0.05) is 0 Å². The number of fused-ring (bicyclic) bond motifs is 1. The van der Waals surface area contributed by atoms with E-state index < -0.39 is 61.8 Å². The van der Waals surface area contributed by atoms with E-state index in [1.807, 2.05) is 0 Å². The molecule has 140 valence electrons. The number of carbonyl (C=O) groups is 4. The molecule has 2 aliphatic heterocycles. The van der Waals surface area contributed by atoms with Crippen molar-refractivity contribution in [3.05, 3.63) is 0 Å². The molecular weight excluding hydrogens is 354 g/mol. The van der Waals surface area contributed by atoms with E-state index in [2.05, 4.69) is 10.6 Å². The molecule has 25 heavy (non-hydrogen) atoms. The molecule has 2 saturated heterocycles. The van der Waals surface area contributed by atoms with Gasteiger partial charge >= 0.3 is 5.97 Å². The van der Waals surface area contributed by atoms with Gasteiger partial charge in [0.15, 0.2) is 9.84 Å². The van der Waals surface area contributed by atoms with Gasteiger partial charge in [0.25, 0.3) is 0 Å². The first-order valence-corrected chi connectivity index (χ1v) is 9.25. The summed E-state index contributed by atoms with van der Waals surface area (Å²) in [5, 5.41) is 12.3. The lowest BCUT2D eigenvalue weighted by Gasteiger charge is -2.37. The van der Waals surface area contributed by atoms with Crippen molar-refractivity contribution in [3.63, 3.8) is 0 Å². The highest BCUT2D eigenvalue weighted by Gasteiger charge is 2.67. The molecule has 3 N–H and O–H groups in total. The predicted molar refractivity (Wildman–Crippen MR) is 84.9 cm³/mol. The van der Waals surface area contributed by atoms with Crippen molar-refractivity contribution >= 4 is 33.5 Å². The highest BCUT2D eigenvalue weighted by Crippen LogP contribution is 2.45. The molecule has 0 aliphatic carbocycles. The zero-order valence-corrected chi connectivity index (χ0v) is 15.1. The van der Waals surface area contributed by atoms with E-state index >= 15 is 0 Å². The first-order valence-electron chi connectivity index (χ1n) is 7.70. The molecule has 0 spiro atoms. The standard InChI is InChI=1S/C14H21N3O7S/c1-6(11(19)16-7(2)13(21)22)15-12(20)10-14(3,4)25(23,24)9-5-8(18)17(9)10/h6-7,9-10H,5H2,1-4H3,(H,15,20)(H,16,19)(H,21,22). The highest BCUT2D eigenvalue weighted by atomic mass is 32.2. The lowest BCUT2D eigenvalue weighted by Crippen LogP contribution is -2.61. The van der Waals surface area contributed by atoms with Crippen molar-refractivity contribution < 1.29 is 32.7 Å². The van der Waals surface area contributed by atoms with Gasteiger partial charge in [-0.1, -0.05) is 0 Å². The molecule has 2 fully saturated rings. The first kappa shape index (κ1) is 19.2. The van der Waals surface area contributed by atoms with Crippen molar-refractivity contribution in [1.29, 1.82) is 0 Å². The fraction of sp³-hybridized carbons (Fsp3) is 0.714. The van der Waals surface area contributed by atoms with Crippen LogP contribution in [0.3, 0.4) is 0 Å². The maximum absolute atomic E-state index is 12.6. The number of hydrogen-bond acceptors (Lipinski definition) is 6. The maximum Gasteiger partial charge on any atom is 0.325 e. The number of carboxylic acids is 1. The van der Waals surface area contributed by atoms with Gasteiger partial charge < -0.3 is 20.6 Å². The molecule has 0 aromatic rings. The van der Waals surface area contributed by atoms with Crippen LogP contribution in [-0.2, 0) is 29.0 Å². The molecule has 0 saturated carbocycles. The van der Waals surface area contributed by atoms with Crippen molar-refractivity contribution in [1.82, 2.24) is 15.5 Å². The number of nitrogens with zero attached hydrogens (tertiary/aromatic N) is 1. The zero-order valence-electron chi connectivity index (χ0n) is 14.3. The molecule has 2 heterocycles. The highest BCUT2D eigenvalue weighted by molar-refractivity contribution is 7.93. The van der Waals surface area contributed by atoms with E-state index in [1.165, 1.54) is 27.7 Å². The molecule has 4 atom stereocenters. The van der Waals surface area contributed by atoms with Crippen LogP contribution >= 0.6 is 0 Å². The molecule has 0 radical (unpaired) electrons.